The van der Waals surface area contributed by atoms with Crippen LogP contribution in [0.4, 0.5) is 4.79 Å². The Morgan fingerprint density at radius 2 is 2.26 bits per heavy atom. The fraction of sp³-hybridized carbons (Fsp3) is 0.308. The minimum absolute atomic E-state index is 0.474. The summed E-state index contributed by atoms with van der Waals surface area (Å²) in [7, 11) is 1.59. The molecule has 0 radical (unpaired) electrons. The van der Waals surface area contributed by atoms with E-state index in [0.29, 0.717) is 5.71 Å². The number of primary amides is 1. The summed E-state index contributed by atoms with van der Waals surface area (Å²) in [5.41, 5.74) is 9.29. The van der Waals surface area contributed by atoms with Crippen molar-refractivity contribution in [1.29, 1.82) is 0 Å². The number of rotatable bonds is 4. The molecule has 0 heterocycles. The Hall–Kier alpha value is -2.55. The van der Waals surface area contributed by atoms with Crippen molar-refractivity contribution in [2.45, 2.75) is 19.9 Å². The molecule has 0 aliphatic heterocycles. The van der Waals surface area contributed by atoms with Crippen LogP contribution in [-0.4, -0.2) is 18.9 Å². The summed E-state index contributed by atoms with van der Waals surface area (Å²) in [5.74, 6) is 0.731. The molecule has 1 aromatic carbocycles. The van der Waals surface area contributed by atoms with Crippen molar-refractivity contribution in [3.05, 3.63) is 40.7 Å². The molecule has 1 aromatic rings. The summed E-state index contributed by atoms with van der Waals surface area (Å²) in [6.07, 6.45) is 0. The van der Waals surface area contributed by atoms with Crippen LogP contribution in [0.3, 0.4) is 0 Å². The van der Waals surface area contributed by atoms with Crippen molar-refractivity contribution in [3.63, 3.8) is 0 Å². The monoisotopic (exact) mass is 260 g/mol. The van der Waals surface area contributed by atoms with Crippen LogP contribution in [0, 0.1) is 13.5 Å². The van der Waals surface area contributed by atoms with Gasteiger partial charge in [-0.3, -0.25) is 0 Å². The van der Waals surface area contributed by atoms with Crippen LogP contribution < -0.4 is 15.9 Å². The number of nitrogens with two attached hydrogens (primary N) is 1. The van der Waals surface area contributed by atoms with Gasteiger partial charge in [0.2, 0.25) is 0 Å². The van der Waals surface area contributed by atoms with E-state index in [1.807, 2.05) is 19.1 Å². The SMILES string of the molecule is [C-]#[N+]C(/C(C)=N\NC(N)=O)c1ccc(OC)cc1C. The first kappa shape index (κ1) is 14.5. The zero-order valence-corrected chi connectivity index (χ0v) is 11.1. The van der Waals surface area contributed by atoms with E-state index in [0.717, 1.165) is 16.9 Å². The van der Waals surface area contributed by atoms with Gasteiger partial charge in [0, 0.05) is 5.56 Å². The molecule has 0 spiro atoms. The number of aryl methyl sites for hydroxylation is 1. The van der Waals surface area contributed by atoms with Gasteiger partial charge < -0.3 is 15.3 Å². The van der Waals surface area contributed by atoms with Gasteiger partial charge in [0.25, 0.3) is 6.04 Å². The number of methoxy groups -OCH3 is 1. The number of amides is 2. The Morgan fingerprint density at radius 3 is 2.74 bits per heavy atom. The molecule has 0 aromatic heterocycles. The Kier molecular flexibility index (Phi) is 4.89. The van der Waals surface area contributed by atoms with E-state index >= 15 is 0 Å². The topological polar surface area (TPSA) is 81.1 Å². The van der Waals surface area contributed by atoms with Gasteiger partial charge in [-0.25, -0.2) is 16.8 Å². The van der Waals surface area contributed by atoms with Crippen LogP contribution in [-0.2, 0) is 0 Å². The number of carbonyl (C=O) groups is 1. The Balaban J connectivity index is 3.07. The number of hydrogen-bond acceptors (Lipinski definition) is 3. The molecule has 0 fully saturated rings. The van der Waals surface area contributed by atoms with Crippen LogP contribution in [0.5, 0.6) is 5.75 Å². The predicted molar refractivity (Wildman–Crippen MR) is 72.9 cm³/mol. The third kappa shape index (κ3) is 3.71. The summed E-state index contributed by atoms with van der Waals surface area (Å²) >= 11 is 0. The average Bonchev–Trinajstić information content (AvgIpc) is 2.38. The molecule has 0 bridgehead atoms. The number of carbonyl (C=O) groups excluding carboxylic acids is 1. The number of hydrogen-bond donors (Lipinski definition) is 2. The molecular weight excluding hydrogens is 244 g/mol. The first-order valence-electron chi connectivity index (χ1n) is 5.60. The van der Waals surface area contributed by atoms with E-state index < -0.39 is 12.1 Å². The second kappa shape index (κ2) is 6.40. The van der Waals surface area contributed by atoms with Crippen molar-refractivity contribution in [3.8, 4) is 5.75 Å². The first-order chi connectivity index (χ1) is 8.99. The molecule has 1 rings (SSSR count). The number of ether oxygens (including phenoxy) is 1. The van der Waals surface area contributed by atoms with Gasteiger partial charge in [0.05, 0.1) is 7.11 Å². The zero-order chi connectivity index (χ0) is 14.4. The molecule has 1 unspecified atom stereocenters. The van der Waals surface area contributed by atoms with Crippen LogP contribution in [0.1, 0.15) is 24.1 Å². The highest BCUT2D eigenvalue weighted by Crippen LogP contribution is 2.26. The Bertz CT molecular complexity index is 546. The quantitative estimate of drug-likeness (QED) is 0.493. The molecule has 19 heavy (non-hydrogen) atoms. The van der Waals surface area contributed by atoms with Crippen LogP contribution in [0.2, 0.25) is 0 Å². The van der Waals surface area contributed by atoms with Gasteiger partial charge in [0.1, 0.15) is 11.5 Å². The van der Waals surface area contributed by atoms with Gasteiger partial charge in [-0.1, -0.05) is 0 Å². The third-order valence-corrected chi connectivity index (χ3v) is 2.64. The van der Waals surface area contributed by atoms with Gasteiger partial charge in [-0.05, 0) is 37.6 Å². The smallest absolute Gasteiger partial charge is 0.332 e. The minimum atomic E-state index is -0.755. The fourth-order valence-electron chi connectivity index (χ4n) is 1.67. The molecule has 2 amide bonds. The van der Waals surface area contributed by atoms with Crippen molar-refractivity contribution >= 4 is 11.7 Å². The van der Waals surface area contributed by atoms with E-state index in [4.69, 9.17) is 17.0 Å². The Labute approximate surface area is 112 Å². The van der Waals surface area contributed by atoms with Gasteiger partial charge >= 0.3 is 6.03 Å². The van der Waals surface area contributed by atoms with Crippen LogP contribution >= 0.6 is 0 Å². The van der Waals surface area contributed by atoms with E-state index in [-0.39, 0.29) is 0 Å². The third-order valence-electron chi connectivity index (χ3n) is 2.64. The van der Waals surface area contributed by atoms with Crippen LogP contribution in [0.25, 0.3) is 4.85 Å². The number of nitrogens with one attached hydrogen (secondary N) is 1. The van der Waals surface area contributed by atoms with E-state index in [9.17, 15) is 4.79 Å². The summed E-state index contributed by atoms with van der Waals surface area (Å²) in [4.78, 5) is 14.2. The molecule has 6 nitrogen and oxygen atoms in total. The van der Waals surface area contributed by atoms with E-state index in [1.165, 1.54) is 0 Å². The van der Waals surface area contributed by atoms with Gasteiger partial charge in [0.15, 0.2) is 0 Å². The largest absolute Gasteiger partial charge is 0.497 e. The average molecular weight is 260 g/mol. The Morgan fingerprint density at radius 1 is 1.58 bits per heavy atom. The summed E-state index contributed by atoms with van der Waals surface area (Å²) in [6, 6.07) is 4.14. The minimum Gasteiger partial charge on any atom is -0.497 e. The van der Waals surface area contributed by atoms with Crippen LogP contribution in [0.15, 0.2) is 23.3 Å². The lowest BCUT2D eigenvalue weighted by Gasteiger charge is -2.10. The summed E-state index contributed by atoms with van der Waals surface area (Å²) in [6.45, 7) is 10.8. The van der Waals surface area contributed by atoms with Crippen molar-refractivity contribution < 1.29 is 9.53 Å². The van der Waals surface area contributed by atoms with Crippen molar-refractivity contribution in [2.24, 2.45) is 10.8 Å². The molecule has 100 valence electrons. The van der Waals surface area contributed by atoms with Crippen molar-refractivity contribution in [2.75, 3.05) is 7.11 Å². The maximum Gasteiger partial charge on any atom is 0.332 e. The lowest BCUT2D eigenvalue weighted by Crippen LogP contribution is -2.26. The number of hydrazone groups is 1. The maximum atomic E-state index is 10.6. The highest BCUT2D eigenvalue weighted by molar-refractivity contribution is 5.91. The van der Waals surface area contributed by atoms with Gasteiger partial charge in [-0.15, -0.1) is 0 Å². The van der Waals surface area contributed by atoms with E-state index in [2.05, 4.69) is 15.4 Å². The molecule has 0 saturated heterocycles. The molecule has 3 N–H and O–H groups in total. The standard InChI is InChI=1S/C13H16N4O2/c1-8-7-10(19-4)5-6-11(8)12(15-3)9(2)16-17-13(14)18/h5-7,12H,1-2,4H3,(H3,14,17,18)/b16-9-. The normalized spacial score (nSPS) is 12.4. The highest BCUT2D eigenvalue weighted by Gasteiger charge is 2.22. The first-order valence-corrected chi connectivity index (χ1v) is 5.60. The fourth-order valence-corrected chi connectivity index (χ4v) is 1.67. The molecular formula is C13H16N4O2. The molecule has 0 aliphatic rings. The summed E-state index contributed by atoms with van der Waals surface area (Å²) < 4.78 is 5.12. The van der Waals surface area contributed by atoms with E-state index in [1.54, 1.807) is 20.1 Å². The number of nitrogens with zero attached hydrogens (tertiary/aromatic N) is 2. The zero-order valence-electron chi connectivity index (χ0n) is 11.1. The summed E-state index contributed by atoms with van der Waals surface area (Å²) in [5, 5.41) is 3.80. The lowest BCUT2D eigenvalue weighted by atomic mass is 9.98. The predicted octanol–water partition coefficient (Wildman–Crippen LogP) is 2.01. The highest BCUT2D eigenvalue weighted by atomic mass is 16.5. The molecule has 1 atom stereocenters. The molecule has 0 aliphatic carbocycles. The molecule has 0 saturated carbocycles. The van der Waals surface area contributed by atoms with Crippen molar-refractivity contribution in [1.82, 2.24) is 5.43 Å². The lowest BCUT2D eigenvalue weighted by molar-refractivity contribution is 0.249. The second-order valence-electron chi connectivity index (χ2n) is 3.98. The number of benzene rings is 1. The van der Waals surface area contributed by atoms with Gasteiger partial charge in [-0.2, -0.15) is 5.10 Å². The maximum absolute atomic E-state index is 10.6. The number of urea groups is 1. The molecule has 6 heteroatoms. The second-order valence-corrected chi connectivity index (χ2v) is 3.98.